The quantitative estimate of drug-likeness (QED) is 0.623. The molecule has 0 aliphatic carbocycles. The Hall–Kier alpha value is -3.15. The average molecular weight is 380 g/mol. The summed E-state index contributed by atoms with van der Waals surface area (Å²) in [4.78, 5) is 27.6. The standard InChI is InChI=1S/C22H24N2O4/c1-14(2)22-24-19-12-17(8-11-20(19)28-22)23-21(26)13-27-18-9-6-16(7-10-18)5-4-15(3)25/h6-12,14H,4-5,13H2,1-3H3,(H,23,26). The molecule has 1 N–H and O–H groups in total. The third kappa shape index (κ3) is 5.19. The SMILES string of the molecule is CC(=O)CCc1ccc(OCC(=O)Nc2ccc3oc(C(C)C)nc3c2)cc1. The summed E-state index contributed by atoms with van der Waals surface area (Å²) in [6, 6.07) is 12.8. The first-order valence-corrected chi connectivity index (χ1v) is 9.32. The predicted molar refractivity (Wildman–Crippen MR) is 108 cm³/mol. The molecule has 2 aromatic carbocycles. The molecular weight excluding hydrogens is 356 g/mol. The molecule has 0 atom stereocenters. The smallest absolute Gasteiger partial charge is 0.262 e. The molecule has 146 valence electrons. The number of ketones is 1. The molecule has 6 heteroatoms. The molecule has 1 heterocycles. The van der Waals surface area contributed by atoms with Crippen LogP contribution in [0.2, 0.25) is 0 Å². The second-order valence-electron chi connectivity index (χ2n) is 7.07. The number of fused-ring (bicyclic) bond motifs is 1. The lowest BCUT2D eigenvalue weighted by Crippen LogP contribution is -2.20. The van der Waals surface area contributed by atoms with Crippen LogP contribution in [0.5, 0.6) is 5.75 Å². The summed E-state index contributed by atoms with van der Waals surface area (Å²) < 4.78 is 11.2. The van der Waals surface area contributed by atoms with Gasteiger partial charge in [0.1, 0.15) is 17.0 Å². The number of carbonyl (C=O) groups is 2. The number of benzene rings is 2. The van der Waals surface area contributed by atoms with Crippen molar-refractivity contribution in [3.8, 4) is 5.75 Å². The van der Waals surface area contributed by atoms with Crippen molar-refractivity contribution in [3.63, 3.8) is 0 Å². The molecule has 0 saturated heterocycles. The molecular formula is C22H24N2O4. The molecule has 0 aliphatic heterocycles. The lowest BCUT2D eigenvalue weighted by molar-refractivity contribution is -0.118. The maximum Gasteiger partial charge on any atom is 0.262 e. The Morgan fingerprint density at radius 1 is 1.14 bits per heavy atom. The summed E-state index contributed by atoms with van der Waals surface area (Å²) in [6.45, 7) is 5.52. The number of aromatic nitrogens is 1. The summed E-state index contributed by atoms with van der Waals surface area (Å²) in [7, 11) is 0. The van der Waals surface area contributed by atoms with E-state index in [1.165, 1.54) is 0 Å². The third-order valence-electron chi connectivity index (χ3n) is 4.24. The number of nitrogens with one attached hydrogen (secondary N) is 1. The Labute approximate surface area is 163 Å². The fraction of sp³-hybridized carbons (Fsp3) is 0.318. The average Bonchev–Trinajstić information content (AvgIpc) is 3.09. The van der Waals surface area contributed by atoms with Crippen LogP contribution in [-0.2, 0) is 16.0 Å². The molecule has 0 radical (unpaired) electrons. The predicted octanol–water partition coefficient (Wildman–Crippen LogP) is 4.49. The summed E-state index contributed by atoms with van der Waals surface area (Å²) in [5, 5.41) is 2.80. The first-order chi connectivity index (χ1) is 13.4. The van der Waals surface area contributed by atoms with Crippen LogP contribution in [0.3, 0.4) is 0 Å². The van der Waals surface area contributed by atoms with Crippen LogP contribution in [0.25, 0.3) is 11.1 Å². The van der Waals surface area contributed by atoms with Crippen molar-refractivity contribution in [3.05, 3.63) is 53.9 Å². The first kappa shape index (κ1) is 19.6. The number of hydrogen-bond donors (Lipinski definition) is 1. The van der Waals surface area contributed by atoms with Crippen LogP contribution in [0.1, 0.15) is 44.6 Å². The molecule has 0 unspecified atom stereocenters. The number of hydrogen-bond acceptors (Lipinski definition) is 5. The zero-order valence-corrected chi connectivity index (χ0v) is 16.3. The highest BCUT2D eigenvalue weighted by Crippen LogP contribution is 2.23. The van der Waals surface area contributed by atoms with Crippen molar-refractivity contribution in [2.24, 2.45) is 0 Å². The summed E-state index contributed by atoms with van der Waals surface area (Å²) in [5.74, 6) is 1.39. The van der Waals surface area contributed by atoms with E-state index < -0.39 is 0 Å². The van der Waals surface area contributed by atoms with Gasteiger partial charge in [-0.2, -0.15) is 0 Å². The normalized spacial score (nSPS) is 11.0. The molecule has 6 nitrogen and oxygen atoms in total. The van der Waals surface area contributed by atoms with Gasteiger partial charge in [0.25, 0.3) is 5.91 Å². The third-order valence-corrected chi connectivity index (χ3v) is 4.24. The van der Waals surface area contributed by atoms with Gasteiger partial charge >= 0.3 is 0 Å². The Morgan fingerprint density at radius 2 is 1.89 bits per heavy atom. The van der Waals surface area contributed by atoms with Gasteiger partial charge in [0.05, 0.1) is 0 Å². The van der Waals surface area contributed by atoms with Gasteiger partial charge in [-0.1, -0.05) is 26.0 Å². The van der Waals surface area contributed by atoms with Gasteiger partial charge in [0.2, 0.25) is 0 Å². The Morgan fingerprint density at radius 3 is 2.57 bits per heavy atom. The minimum Gasteiger partial charge on any atom is -0.484 e. The molecule has 0 fully saturated rings. The zero-order chi connectivity index (χ0) is 20.1. The van der Waals surface area contributed by atoms with Crippen molar-refractivity contribution in [1.29, 1.82) is 0 Å². The second kappa shape index (κ2) is 8.69. The zero-order valence-electron chi connectivity index (χ0n) is 16.3. The summed E-state index contributed by atoms with van der Waals surface area (Å²) in [5.41, 5.74) is 3.12. The molecule has 3 rings (SSSR count). The minimum atomic E-state index is -0.257. The van der Waals surface area contributed by atoms with Crippen LogP contribution in [-0.4, -0.2) is 23.3 Å². The fourth-order valence-corrected chi connectivity index (χ4v) is 2.69. The van der Waals surface area contributed by atoms with Crippen LogP contribution in [0.15, 0.2) is 46.9 Å². The van der Waals surface area contributed by atoms with Crippen LogP contribution < -0.4 is 10.1 Å². The molecule has 0 spiro atoms. The fourth-order valence-electron chi connectivity index (χ4n) is 2.69. The van der Waals surface area contributed by atoms with Crippen molar-refractivity contribution >= 4 is 28.5 Å². The number of anilines is 1. The highest BCUT2D eigenvalue weighted by atomic mass is 16.5. The maximum absolute atomic E-state index is 12.2. The van der Waals surface area contributed by atoms with E-state index in [1.807, 2.05) is 26.0 Å². The number of nitrogens with zero attached hydrogens (tertiary/aromatic N) is 1. The molecule has 0 aliphatic rings. The lowest BCUT2D eigenvalue weighted by atomic mass is 10.1. The van der Waals surface area contributed by atoms with E-state index in [9.17, 15) is 9.59 Å². The van der Waals surface area contributed by atoms with Gasteiger partial charge in [0, 0.05) is 18.0 Å². The number of carbonyl (C=O) groups excluding carboxylic acids is 2. The molecule has 0 saturated carbocycles. The van der Waals surface area contributed by atoms with Gasteiger partial charge in [0.15, 0.2) is 18.1 Å². The molecule has 0 bridgehead atoms. The molecule has 1 aromatic heterocycles. The number of rotatable bonds is 8. The van der Waals surface area contributed by atoms with Crippen LogP contribution >= 0.6 is 0 Å². The first-order valence-electron chi connectivity index (χ1n) is 9.32. The topological polar surface area (TPSA) is 81.4 Å². The summed E-state index contributed by atoms with van der Waals surface area (Å²) in [6.07, 6.45) is 1.23. The van der Waals surface area contributed by atoms with E-state index in [4.69, 9.17) is 9.15 Å². The monoisotopic (exact) mass is 380 g/mol. The number of oxazole rings is 1. The van der Waals surface area contributed by atoms with Crippen LogP contribution in [0, 0.1) is 0 Å². The van der Waals surface area contributed by atoms with E-state index in [0.29, 0.717) is 41.3 Å². The Bertz CT molecular complexity index is 974. The van der Waals surface area contributed by atoms with Crippen molar-refractivity contribution in [2.45, 2.75) is 39.5 Å². The van der Waals surface area contributed by atoms with Gasteiger partial charge in [-0.25, -0.2) is 4.98 Å². The molecule has 28 heavy (non-hydrogen) atoms. The Kier molecular flexibility index (Phi) is 6.09. The Balaban J connectivity index is 1.54. The highest BCUT2D eigenvalue weighted by molar-refractivity contribution is 5.93. The van der Waals surface area contributed by atoms with E-state index in [-0.39, 0.29) is 24.2 Å². The summed E-state index contributed by atoms with van der Waals surface area (Å²) >= 11 is 0. The van der Waals surface area contributed by atoms with Crippen LogP contribution in [0.4, 0.5) is 5.69 Å². The largest absolute Gasteiger partial charge is 0.484 e. The second-order valence-corrected chi connectivity index (χ2v) is 7.07. The number of ether oxygens (including phenoxy) is 1. The van der Waals surface area contributed by atoms with Gasteiger partial charge in [-0.05, 0) is 49.2 Å². The lowest BCUT2D eigenvalue weighted by Gasteiger charge is -2.08. The van der Waals surface area contributed by atoms with Crippen molar-refractivity contribution in [1.82, 2.24) is 4.98 Å². The maximum atomic E-state index is 12.2. The van der Waals surface area contributed by atoms with E-state index in [1.54, 1.807) is 37.3 Å². The number of Topliss-reactive ketones (excluding diaryl/α,β-unsaturated/α-hetero) is 1. The van der Waals surface area contributed by atoms with E-state index >= 15 is 0 Å². The minimum absolute atomic E-state index is 0.0963. The van der Waals surface area contributed by atoms with Gasteiger partial charge in [-0.15, -0.1) is 0 Å². The van der Waals surface area contributed by atoms with Crippen molar-refractivity contribution < 1.29 is 18.7 Å². The number of amides is 1. The van der Waals surface area contributed by atoms with E-state index in [0.717, 1.165) is 5.56 Å². The van der Waals surface area contributed by atoms with Gasteiger partial charge in [-0.3, -0.25) is 4.79 Å². The highest BCUT2D eigenvalue weighted by Gasteiger charge is 2.11. The molecule has 1 amide bonds. The number of aryl methyl sites for hydroxylation is 1. The van der Waals surface area contributed by atoms with E-state index in [2.05, 4.69) is 10.3 Å². The molecule has 3 aromatic rings. The van der Waals surface area contributed by atoms with Crippen molar-refractivity contribution in [2.75, 3.05) is 11.9 Å². The van der Waals surface area contributed by atoms with Gasteiger partial charge < -0.3 is 19.3 Å².